The van der Waals surface area contributed by atoms with Gasteiger partial charge in [-0.25, -0.2) is 0 Å². The first-order chi connectivity index (χ1) is 7.43. The van der Waals surface area contributed by atoms with Crippen molar-refractivity contribution in [3.63, 3.8) is 0 Å². The average molecular weight is 233 g/mol. The van der Waals surface area contributed by atoms with Gasteiger partial charge in [0.1, 0.15) is 6.04 Å². The SMILES string of the molecule is O=C(O)C1CCCN1.O=C(O)CCC(=O)O. The van der Waals surface area contributed by atoms with Gasteiger partial charge in [0.05, 0.1) is 12.8 Å². The van der Waals surface area contributed by atoms with Crippen molar-refractivity contribution in [3.05, 3.63) is 0 Å². The number of aliphatic carboxylic acids is 3. The van der Waals surface area contributed by atoms with Crippen LogP contribution in [0.5, 0.6) is 0 Å². The molecule has 1 saturated heterocycles. The van der Waals surface area contributed by atoms with Crippen LogP contribution in [0.1, 0.15) is 25.7 Å². The van der Waals surface area contributed by atoms with Gasteiger partial charge in [-0.05, 0) is 19.4 Å². The van der Waals surface area contributed by atoms with Crippen LogP contribution in [0.2, 0.25) is 0 Å². The second-order valence-corrected chi connectivity index (χ2v) is 3.27. The summed E-state index contributed by atoms with van der Waals surface area (Å²) < 4.78 is 0. The first-order valence-electron chi connectivity index (χ1n) is 4.83. The van der Waals surface area contributed by atoms with E-state index in [1.54, 1.807) is 0 Å². The lowest BCUT2D eigenvalue weighted by Gasteiger charge is -1.99. The Kier molecular flexibility index (Phi) is 6.86. The minimum atomic E-state index is -1.08. The molecule has 1 unspecified atom stereocenters. The Morgan fingerprint density at radius 2 is 1.56 bits per heavy atom. The number of nitrogens with one attached hydrogen (secondary N) is 1. The molecule has 0 spiro atoms. The third kappa shape index (κ3) is 7.74. The molecule has 1 atom stereocenters. The zero-order chi connectivity index (χ0) is 12.6. The maximum atomic E-state index is 10.1. The monoisotopic (exact) mass is 233 g/mol. The van der Waals surface area contributed by atoms with Crippen LogP contribution < -0.4 is 5.32 Å². The molecule has 16 heavy (non-hydrogen) atoms. The van der Waals surface area contributed by atoms with Crippen molar-refractivity contribution in [1.82, 2.24) is 5.32 Å². The van der Waals surface area contributed by atoms with Gasteiger partial charge in [-0.15, -0.1) is 0 Å². The Labute approximate surface area is 92.1 Å². The van der Waals surface area contributed by atoms with Gasteiger partial charge in [0.15, 0.2) is 0 Å². The van der Waals surface area contributed by atoms with Crippen LogP contribution in [0.4, 0.5) is 0 Å². The molecule has 1 fully saturated rings. The quantitative estimate of drug-likeness (QED) is 0.528. The van der Waals surface area contributed by atoms with Crippen LogP contribution in [0, 0.1) is 0 Å². The van der Waals surface area contributed by atoms with E-state index in [0.717, 1.165) is 19.4 Å². The highest BCUT2D eigenvalue weighted by Gasteiger charge is 2.20. The van der Waals surface area contributed by atoms with Crippen molar-refractivity contribution in [2.75, 3.05) is 6.54 Å². The molecule has 92 valence electrons. The largest absolute Gasteiger partial charge is 0.481 e. The first kappa shape index (κ1) is 14.4. The predicted octanol–water partition coefficient (Wildman–Crippen LogP) is -0.241. The number of carboxylic acid groups (broad SMARTS) is 3. The molecule has 7 nitrogen and oxygen atoms in total. The molecule has 0 aromatic carbocycles. The number of carbonyl (C=O) groups is 3. The molecule has 0 aromatic rings. The van der Waals surface area contributed by atoms with Crippen LogP contribution in [0.3, 0.4) is 0 Å². The maximum Gasteiger partial charge on any atom is 0.320 e. The smallest absolute Gasteiger partial charge is 0.320 e. The minimum absolute atomic E-state index is 0.269. The highest BCUT2D eigenvalue weighted by atomic mass is 16.4. The number of hydrogen-bond acceptors (Lipinski definition) is 4. The zero-order valence-electron chi connectivity index (χ0n) is 8.68. The number of hydrogen-bond donors (Lipinski definition) is 4. The third-order valence-corrected chi connectivity index (χ3v) is 1.91. The Morgan fingerprint density at radius 1 is 1.06 bits per heavy atom. The first-order valence-corrected chi connectivity index (χ1v) is 4.83. The molecule has 1 heterocycles. The molecule has 0 amide bonds. The molecular weight excluding hydrogens is 218 g/mol. The molecule has 7 heteroatoms. The van der Waals surface area contributed by atoms with Gasteiger partial charge in [-0.3, -0.25) is 14.4 Å². The molecule has 0 saturated carbocycles. The molecule has 4 N–H and O–H groups in total. The number of rotatable bonds is 4. The van der Waals surface area contributed by atoms with Crippen molar-refractivity contribution in [2.24, 2.45) is 0 Å². The zero-order valence-corrected chi connectivity index (χ0v) is 8.68. The van der Waals surface area contributed by atoms with E-state index >= 15 is 0 Å². The topological polar surface area (TPSA) is 124 Å². The van der Waals surface area contributed by atoms with Gasteiger partial charge < -0.3 is 20.6 Å². The van der Waals surface area contributed by atoms with E-state index in [2.05, 4.69) is 5.32 Å². The second kappa shape index (κ2) is 7.63. The Morgan fingerprint density at radius 3 is 1.75 bits per heavy atom. The second-order valence-electron chi connectivity index (χ2n) is 3.27. The van der Waals surface area contributed by atoms with Crippen molar-refractivity contribution >= 4 is 17.9 Å². The van der Waals surface area contributed by atoms with Gasteiger partial charge in [0.2, 0.25) is 0 Å². The van der Waals surface area contributed by atoms with E-state index < -0.39 is 17.9 Å². The Balaban J connectivity index is 0.000000281. The fraction of sp³-hybridized carbons (Fsp3) is 0.667. The summed E-state index contributed by atoms with van der Waals surface area (Å²) in [4.78, 5) is 29.4. The van der Waals surface area contributed by atoms with Crippen molar-refractivity contribution in [1.29, 1.82) is 0 Å². The molecule has 1 aliphatic heterocycles. The van der Waals surface area contributed by atoms with Gasteiger partial charge in [0.25, 0.3) is 0 Å². The standard InChI is InChI=1S/C5H9NO2.C4H6O4/c7-5(8)4-2-1-3-6-4;5-3(6)1-2-4(7)8/h4,6H,1-3H2,(H,7,8);1-2H2,(H,5,6)(H,7,8). The number of carboxylic acids is 3. The highest BCUT2D eigenvalue weighted by Crippen LogP contribution is 2.03. The summed E-state index contributed by atoms with van der Waals surface area (Å²) >= 11 is 0. The van der Waals surface area contributed by atoms with Crippen LogP contribution in [0.15, 0.2) is 0 Å². The van der Waals surface area contributed by atoms with Gasteiger partial charge in [-0.1, -0.05) is 0 Å². The molecule has 0 aliphatic carbocycles. The van der Waals surface area contributed by atoms with Crippen molar-refractivity contribution < 1.29 is 29.7 Å². The summed E-state index contributed by atoms with van der Waals surface area (Å²) in [6.07, 6.45) is 1.19. The highest BCUT2D eigenvalue weighted by molar-refractivity contribution is 5.75. The lowest BCUT2D eigenvalue weighted by molar-refractivity contribution is -0.143. The Hall–Kier alpha value is -1.63. The van der Waals surface area contributed by atoms with Gasteiger partial charge in [-0.2, -0.15) is 0 Å². The summed E-state index contributed by atoms with van der Waals surface area (Å²) in [5.74, 6) is -2.87. The van der Waals surface area contributed by atoms with Crippen LogP contribution in [-0.2, 0) is 14.4 Å². The summed E-state index contributed by atoms with van der Waals surface area (Å²) in [7, 11) is 0. The lowest BCUT2D eigenvalue weighted by atomic mass is 10.2. The van der Waals surface area contributed by atoms with E-state index in [4.69, 9.17) is 15.3 Å². The molecule has 0 bridgehead atoms. The minimum Gasteiger partial charge on any atom is -0.481 e. The van der Waals surface area contributed by atoms with E-state index in [-0.39, 0.29) is 18.9 Å². The Bertz CT molecular complexity index is 245. The molecular formula is C9H15NO6. The van der Waals surface area contributed by atoms with Crippen LogP contribution in [0.25, 0.3) is 0 Å². The van der Waals surface area contributed by atoms with Crippen LogP contribution in [-0.4, -0.2) is 45.8 Å². The lowest BCUT2D eigenvalue weighted by Crippen LogP contribution is -2.29. The summed E-state index contributed by atoms with van der Waals surface area (Å²) in [6.45, 7) is 0.858. The molecule has 0 radical (unpaired) electrons. The van der Waals surface area contributed by atoms with Crippen molar-refractivity contribution in [2.45, 2.75) is 31.7 Å². The van der Waals surface area contributed by atoms with Crippen LogP contribution >= 0.6 is 0 Å². The maximum absolute atomic E-state index is 10.1. The third-order valence-electron chi connectivity index (χ3n) is 1.91. The van der Waals surface area contributed by atoms with Crippen molar-refractivity contribution in [3.8, 4) is 0 Å². The summed E-state index contributed by atoms with van der Waals surface area (Å²) in [5, 5.41) is 27.0. The fourth-order valence-electron chi connectivity index (χ4n) is 1.11. The molecule has 1 rings (SSSR count). The normalized spacial score (nSPS) is 18.4. The summed E-state index contributed by atoms with van der Waals surface area (Å²) in [5.41, 5.74) is 0. The van der Waals surface area contributed by atoms with Gasteiger partial charge in [0, 0.05) is 0 Å². The van der Waals surface area contributed by atoms with E-state index in [0.29, 0.717) is 0 Å². The summed E-state index contributed by atoms with van der Waals surface area (Å²) in [6, 6.07) is -0.269. The predicted molar refractivity (Wildman–Crippen MR) is 53.2 cm³/mol. The molecule has 0 aromatic heterocycles. The van der Waals surface area contributed by atoms with E-state index in [1.807, 2.05) is 0 Å². The molecule has 1 aliphatic rings. The average Bonchev–Trinajstić information content (AvgIpc) is 2.68. The van der Waals surface area contributed by atoms with E-state index in [9.17, 15) is 14.4 Å². The van der Waals surface area contributed by atoms with Gasteiger partial charge >= 0.3 is 17.9 Å². The fourth-order valence-corrected chi connectivity index (χ4v) is 1.11. The van der Waals surface area contributed by atoms with E-state index in [1.165, 1.54) is 0 Å².